The molecule has 0 aromatic heterocycles. The molecule has 2 fully saturated rings. The number of methoxy groups -OCH3 is 1. The summed E-state index contributed by atoms with van der Waals surface area (Å²) >= 11 is 0. The molecule has 2 unspecified atom stereocenters. The van der Waals surface area contributed by atoms with Gasteiger partial charge in [0.25, 0.3) is 5.91 Å². The van der Waals surface area contributed by atoms with Gasteiger partial charge < -0.3 is 15.0 Å². The summed E-state index contributed by atoms with van der Waals surface area (Å²) in [5.74, 6) is -0.505. The van der Waals surface area contributed by atoms with Crippen molar-refractivity contribution in [3.8, 4) is 0 Å². The number of aryl methyl sites for hydroxylation is 1. The van der Waals surface area contributed by atoms with Gasteiger partial charge in [-0.1, -0.05) is 43.3 Å². The molecule has 8 heteroatoms. The van der Waals surface area contributed by atoms with Gasteiger partial charge in [0.15, 0.2) is 0 Å². The molecule has 38 heavy (non-hydrogen) atoms. The quantitative estimate of drug-likeness (QED) is 0.470. The average molecular weight is 521 g/mol. The van der Waals surface area contributed by atoms with E-state index in [9.17, 15) is 14.4 Å². The van der Waals surface area contributed by atoms with Crippen molar-refractivity contribution >= 4 is 17.7 Å². The van der Waals surface area contributed by atoms with E-state index in [-0.39, 0.29) is 42.3 Å². The molecule has 4 atom stereocenters. The first kappa shape index (κ1) is 27.8. The first-order valence-corrected chi connectivity index (χ1v) is 13.6. The number of nitrogens with zero attached hydrogens (tertiary/aromatic N) is 1. The average Bonchev–Trinajstić information content (AvgIpc) is 3.30. The van der Waals surface area contributed by atoms with Gasteiger partial charge in [-0.05, 0) is 74.8 Å². The second-order valence-corrected chi connectivity index (χ2v) is 10.7. The molecule has 3 N–H and O–H groups in total. The maximum atomic E-state index is 13.6. The van der Waals surface area contributed by atoms with Crippen LogP contribution in [0.25, 0.3) is 0 Å². The Morgan fingerprint density at radius 1 is 1.18 bits per heavy atom. The van der Waals surface area contributed by atoms with Gasteiger partial charge in [-0.15, -0.1) is 0 Å². The lowest BCUT2D eigenvalue weighted by Crippen LogP contribution is -2.53. The fraction of sp³-hybridized carbons (Fsp3) is 0.500. The van der Waals surface area contributed by atoms with Crippen molar-refractivity contribution in [3.05, 3.63) is 70.8 Å². The number of rotatable bonds is 9. The SMILES string of the molecule is CC[C@@]1(COC)CC[C@@H](c2ccccc2)N1C(=O)CNC(=O)c1ccc(CC2CC(C)NNC2=O)c(C)c1. The zero-order valence-electron chi connectivity index (χ0n) is 22.9. The van der Waals surface area contributed by atoms with E-state index in [1.54, 1.807) is 13.2 Å². The summed E-state index contributed by atoms with van der Waals surface area (Å²) in [6.07, 6.45) is 3.87. The molecule has 2 aromatic rings. The lowest BCUT2D eigenvalue weighted by Gasteiger charge is -2.40. The number of carbonyl (C=O) groups is 3. The van der Waals surface area contributed by atoms with Crippen LogP contribution in [0.3, 0.4) is 0 Å². The molecule has 3 amide bonds. The van der Waals surface area contributed by atoms with E-state index in [0.717, 1.165) is 42.4 Å². The van der Waals surface area contributed by atoms with E-state index in [1.807, 2.05) is 49.1 Å². The van der Waals surface area contributed by atoms with Crippen LogP contribution in [0.4, 0.5) is 0 Å². The first-order chi connectivity index (χ1) is 18.3. The highest BCUT2D eigenvalue weighted by atomic mass is 16.5. The minimum absolute atomic E-state index is 0.00446. The van der Waals surface area contributed by atoms with Gasteiger partial charge in [-0.25, -0.2) is 5.43 Å². The molecule has 0 radical (unpaired) electrons. The molecule has 2 aliphatic heterocycles. The summed E-state index contributed by atoms with van der Waals surface area (Å²) in [5.41, 5.74) is 8.91. The van der Waals surface area contributed by atoms with Crippen molar-refractivity contribution in [1.82, 2.24) is 21.1 Å². The highest BCUT2D eigenvalue weighted by molar-refractivity contribution is 5.97. The van der Waals surface area contributed by atoms with Gasteiger partial charge in [-0.3, -0.25) is 19.8 Å². The van der Waals surface area contributed by atoms with E-state index >= 15 is 0 Å². The molecular weight excluding hydrogens is 480 g/mol. The van der Waals surface area contributed by atoms with E-state index < -0.39 is 5.54 Å². The highest BCUT2D eigenvalue weighted by Crippen LogP contribution is 2.44. The fourth-order valence-electron chi connectivity index (χ4n) is 6.01. The van der Waals surface area contributed by atoms with Crippen molar-refractivity contribution in [2.75, 3.05) is 20.3 Å². The lowest BCUT2D eigenvalue weighted by molar-refractivity contribution is -0.139. The molecule has 2 saturated heterocycles. The topological polar surface area (TPSA) is 99.8 Å². The summed E-state index contributed by atoms with van der Waals surface area (Å²) in [6.45, 7) is 6.46. The molecule has 4 rings (SSSR count). The van der Waals surface area contributed by atoms with Crippen LogP contribution in [0.2, 0.25) is 0 Å². The lowest BCUT2D eigenvalue weighted by atomic mass is 9.89. The Morgan fingerprint density at radius 2 is 1.95 bits per heavy atom. The van der Waals surface area contributed by atoms with Crippen LogP contribution in [-0.4, -0.2) is 54.5 Å². The van der Waals surface area contributed by atoms with Crippen molar-refractivity contribution < 1.29 is 19.1 Å². The minimum Gasteiger partial charge on any atom is -0.382 e. The van der Waals surface area contributed by atoms with Crippen molar-refractivity contribution in [3.63, 3.8) is 0 Å². The molecule has 0 saturated carbocycles. The predicted molar refractivity (Wildman–Crippen MR) is 146 cm³/mol. The largest absolute Gasteiger partial charge is 0.382 e. The standard InChI is InChI=1S/C30H40N4O4/c1-5-30(19-38-4)14-13-26(22-9-7-6-8-10-22)34(30)27(35)18-31-28(36)24-12-11-23(20(2)15-24)17-25-16-21(3)32-33-29(25)37/h6-12,15,21,25-26,32H,5,13-14,16-19H2,1-4H3,(H,31,36)(H,33,37)/t21?,25?,26-,30-/m0/s1. The monoisotopic (exact) mass is 520 g/mol. The highest BCUT2D eigenvalue weighted by Gasteiger charge is 2.48. The zero-order chi connectivity index (χ0) is 27.3. The number of nitrogens with one attached hydrogen (secondary N) is 3. The molecule has 2 aliphatic rings. The number of carbonyl (C=O) groups excluding carboxylic acids is 3. The molecule has 2 heterocycles. The van der Waals surface area contributed by atoms with Crippen molar-refractivity contribution in [1.29, 1.82) is 0 Å². The summed E-state index contributed by atoms with van der Waals surface area (Å²) in [6, 6.07) is 15.8. The maximum Gasteiger partial charge on any atom is 0.251 e. The third-order valence-corrected chi connectivity index (χ3v) is 8.15. The Labute approximate surface area is 225 Å². The molecule has 0 bridgehead atoms. The van der Waals surface area contributed by atoms with Gasteiger partial charge in [0.05, 0.1) is 24.7 Å². The number of likely N-dealkylation sites (tertiary alicyclic amines) is 1. The van der Waals surface area contributed by atoms with Gasteiger partial charge >= 0.3 is 0 Å². The Balaban J connectivity index is 1.44. The molecule has 8 nitrogen and oxygen atoms in total. The van der Waals surface area contributed by atoms with E-state index in [2.05, 4.69) is 35.2 Å². The van der Waals surface area contributed by atoms with E-state index in [0.29, 0.717) is 18.6 Å². The van der Waals surface area contributed by atoms with Crippen molar-refractivity contribution in [2.24, 2.45) is 5.92 Å². The number of hydrazine groups is 1. The summed E-state index contributed by atoms with van der Waals surface area (Å²) in [4.78, 5) is 40.8. The second-order valence-electron chi connectivity index (χ2n) is 10.7. The summed E-state index contributed by atoms with van der Waals surface area (Å²) in [5, 5.41) is 2.85. The maximum absolute atomic E-state index is 13.6. The van der Waals surface area contributed by atoms with Gasteiger partial charge in [0.2, 0.25) is 11.8 Å². The van der Waals surface area contributed by atoms with Gasteiger partial charge in [0, 0.05) is 24.6 Å². The van der Waals surface area contributed by atoms with E-state index in [1.165, 1.54) is 0 Å². The minimum atomic E-state index is -0.395. The van der Waals surface area contributed by atoms with Crippen LogP contribution >= 0.6 is 0 Å². The van der Waals surface area contributed by atoms with Crippen molar-refractivity contribution in [2.45, 2.75) is 70.5 Å². The third-order valence-electron chi connectivity index (χ3n) is 8.15. The second kappa shape index (κ2) is 12.1. The number of ether oxygens (including phenoxy) is 1. The number of hydrogen-bond donors (Lipinski definition) is 3. The Morgan fingerprint density at radius 3 is 2.63 bits per heavy atom. The van der Waals surface area contributed by atoms with Crippen LogP contribution in [0.15, 0.2) is 48.5 Å². The third kappa shape index (κ3) is 5.92. The fourth-order valence-corrected chi connectivity index (χ4v) is 6.01. The number of hydrogen-bond acceptors (Lipinski definition) is 5. The normalized spacial score (nSPS) is 25.2. The molecule has 0 aliphatic carbocycles. The van der Waals surface area contributed by atoms with Crippen LogP contribution in [0, 0.1) is 12.8 Å². The van der Waals surface area contributed by atoms with Crippen LogP contribution < -0.4 is 16.2 Å². The molecule has 0 spiro atoms. The molecule has 204 valence electrons. The molecular formula is C30H40N4O4. The smallest absolute Gasteiger partial charge is 0.251 e. The number of benzene rings is 2. The van der Waals surface area contributed by atoms with Crippen LogP contribution in [0.5, 0.6) is 0 Å². The van der Waals surface area contributed by atoms with Gasteiger partial charge in [0.1, 0.15) is 0 Å². The summed E-state index contributed by atoms with van der Waals surface area (Å²) in [7, 11) is 1.67. The van der Waals surface area contributed by atoms with E-state index in [4.69, 9.17) is 4.74 Å². The number of amides is 3. The van der Waals surface area contributed by atoms with Gasteiger partial charge in [-0.2, -0.15) is 0 Å². The predicted octanol–water partition coefficient (Wildman–Crippen LogP) is 3.46. The summed E-state index contributed by atoms with van der Waals surface area (Å²) < 4.78 is 5.56. The Hall–Kier alpha value is -3.23. The zero-order valence-corrected chi connectivity index (χ0v) is 22.9. The Kier molecular flexibility index (Phi) is 8.84. The van der Waals surface area contributed by atoms with Crippen LogP contribution in [-0.2, 0) is 20.7 Å². The van der Waals surface area contributed by atoms with Crippen LogP contribution in [0.1, 0.15) is 72.6 Å². The molecule has 2 aromatic carbocycles. The Bertz CT molecular complexity index is 1150. The first-order valence-electron chi connectivity index (χ1n) is 13.6.